The van der Waals surface area contributed by atoms with E-state index in [1.54, 1.807) is 35.6 Å². The van der Waals surface area contributed by atoms with Crippen molar-refractivity contribution in [3.05, 3.63) is 60.2 Å². The zero-order valence-corrected chi connectivity index (χ0v) is 10.8. The average molecular weight is 259 g/mol. The number of carbonyl (C=O) groups is 1. The molecule has 2 aromatic rings. The molecule has 18 heavy (non-hydrogen) atoms. The smallest absolute Gasteiger partial charge is 0.153 e. The first-order valence-corrected chi connectivity index (χ1v) is 6.59. The highest BCUT2D eigenvalue weighted by Crippen LogP contribution is 2.20. The SMILES string of the molecule is CN(c1ccccc1)S(=O)c1ccccc1C=O. The summed E-state index contributed by atoms with van der Waals surface area (Å²) in [4.78, 5) is 11.5. The lowest BCUT2D eigenvalue weighted by Gasteiger charge is -2.18. The van der Waals surface area contributed by atoms with Crippen LogP contribution in [-0.2, 0) is 11.0 Å². The third-order valence-corrected chi connectivity index (χ3v) is 4.06. The van der Waals surface area contributed by atoms with Crippen molar-refractivity contribution in [1.82, 2.24) is 0 Å². The van der Waals surface area contributed by atoms with Crippen LogP contribution < -0.4 is 4.31 Å². The highest BCUT2D eigenvalue weighted by Gasteiger charge is 2.14. The largest absolute Gasteiger partial charge is 0.298 e. The Labute approximate surface area is 109 Å². The number of hydrogen-bond donors (Lipinski definition) is 0. The molecule has 0 aliphatic carbocycles. The minimum Gasteiger partial charge on any atom is -0.298 e. The monoisotopic (exact) mass is 259 g/mol. The third kappa shape index (κ3) is 2.49. The van der Waals surface area contributed by atoms with Gasteiger partial charge in [0, 0.05) is 18.3 Å². The number of carbonyl (C=O) groups excluding carboxylic acids is 1. The molecule has 0 fully saturated rings. The summed E-state index contributed by atoms with van der Waals surface area (Å²) in [7, 11) is 0.355. The van der Waals surface area contributed by atoms with E-state index in [-0.39, 0.29) is 0 Å². The Balaban J connectivity index is 2.34. The molecule has 0 saturated heterocycles. The minimum absolute atomic E-state index is 0.457. The molecule has 0 bridgehead atoms. The van der Waals surface area contributed by atoms with E-state index in [9.17, 15) is 9.00 Å². The fourth-order valence-corrected chi connectivity index (χ4v) is 2.74. The number of nitrogens with zero attached hydrogens (tertiary/aromatic N) is 1. The topological polar surface area (TPSA) is 37.4 Å². The van der Waals surface area contributed by atoms with Gasteiger partial charge in [-0.25, -0.2) is 4.21 Å². The molecule has 0 amide bonds. The Morgan fingerprint density at radius 2 is 1.61 bits per heavy atom. The van der Waals surface area contributed by atoms with Crippen molar-refractivity contribution in [2.75, 3.05) is 11.4 Å². The standard InChI is InChI=1S/C14H13NO2S/c1-15(13-8-3-2-4-9-13)18(17)14-10-6-5-7-12(14)11-16/h2-11H,1H3. The summed E-state index contributed by atoms with van der Waals surface area (Å²) < 4.78 is 14.0. The molecule has 0 radical (unpaired) electrons. The van der Waals surface area contributed by atoms with E-state index in [0.29, 0.717) is 10.5 Å². The Kier molecular flexibility index (Phi) is 3.89. The van der Waals surface area contributed by atoms with Crippen molar-refractivity contribution < 1.29 is 9.00 Å². The zero-order valence-electron chi connectivity index (χ0n) is 9.95. The van der Waals surface area contributed by atoms with Gasteiger partial charge in [-0.15, -0.1) is 0 Å². The predicted molar refractivity (Wildman–Crippen MR) is 73.1 cm³/mol. The van der Waals surface area contributed by atoms with E-state index < -0.39 is 11.0 Å². The van der Waals surface area contributed by atoms with Gasteiger partial charge in [0.25, 0.3) is 0 Å². The molecule has 4 heteroatoms. The molecule has 1 unspecified atom stereocenters. The van der Waals surface area contributed by atoms with Gasteiger partial charge in [0.1, 0.15) is 0 Å². The van der Waals surface area contributed by atoms with Gasteiger partial charge in [-0.2, -0.15) is 0 Å². The van der Waals surface area contributed by atoms with E-state index in [1.807, 2.05) is 30.3 Å². The Bertz CT molecular complexity index is 569. The molecule has 3 nitrogen and oxygen atoms in total. The van der Waals surface area contributed by atoms with Gasteiger partial charge in [0.05, 0.1) is 4.90 Å². The van der Waals surface area contributed by atoms with E-state index in [1.165, 1.54) is 0 Å². The maximum Gasteiger partial charge on any atom is 0.153 e. The Hall–Kier alpha value is -1.94. The second-order valence-electron chi connectivity index (χ2n) is 3.74. The summed E-state index contributed by atoms with van der Waals surface area (Å²) in [5.41, 5.74) is 1.30. The molecule has 2 aromatic carbocycles. The Morgan fingerprint density at radius 1 is 1.00 bits per heavy atom. The van der Waals surface area contributed by atoms with Crippen LogP contribution in [0.4, 0.5) is 5.69 Å². The van der Waals surface area contributed by atoms with Crippen LogP contribution in [0, 0.1) is 0 Å². The first-order valence-electron chi connectivity index (χ1n) is 5.49. The van der Waals surface area contributed by atoms with Gasteiger partial charge in [-0.05, 0) is 18.2 Å². The average Bonchev–Trinajstić information content (AvgIpc) is 2.46. The third-order valence-electron chi connectivity index (χ3n) is 2.60. The van der Waals surface area contributed by atoms with Crippen LogP contribution in [0.5, 0.6) is 0 Å². The Morgan fingerprint density at radius 3 is 2.28 bits per heavy atom. The number of aldehydes is 1. The quantitative estimate of drug-likeness (QED) is 0.792. The van der Waals surface area contributed by atoms with Crippen LogP contribution in [-0.4, -0.2) is 17.5 Å². The van der Waals surface area contributed by atoms with Gasteiger partial charge in [-0.3, -0.25) is 9.10 Å². The maximum absolute atomic E-state index is 12.4. The summed E-state index contributed by atoms with van der Waals surface area (Å²) in [6.45, 7) is 0. The lowest BCUT2D eigenvalue weighted by molar-refractivity contribution is 0.112. The van der Waals surface area contributed by atoms with Crippen molar-refractivity contribution >= 4 is 23.0 Å². The molecule has 2 rings (SSSR count). The van der Waals surface area contributed by atoms with Crippen molar-refractivity contribution in [1.29, 1.82) is 0 Å². The summed E-state index contributed by atoms with van der Waals surface area (Å²) in [5.74, 6) is 0. The molecule has 0 spiro atoms. The highest BCUT2D eigenvalue weighted by molar-refractivity contribution is 7.86. The van der Waals surface area contributed by atoms with Crippen LogP contribution in [0.25, 0.3) is 0 Å². The first-order chi connectivity index (χ1) is 8.74. The molecule has 0 heterocycles. The number of rotatable bonds is 4. The van der Waals surface area contributed by atoms with Gasteiger partial charge >= 0.3 is 0 Å². The molecular weight excluding hydrogens is 246 g/mol. The number of benzene rings is 2. The fraction of sp³-hybridized carbons (Fsp3) is 0.0714. The molecule has 0 N–H and O–H groups in total. The van der Waals surface area contributed by atoms with Crippen LogP contribution in [0.2, 0.25) is 0 Å². The van der Waals surface area contributed by atoms with Crippen molar-refractivity contribution in [2.24, 2.45) is 0 Å². The summed E-state index contributed by atoms with van der Waals surface area (Å²) in [5, 5.41) is 0. The van der Waals surface area contributed by atoms with Crippen molar-refractivity contribution in [3.63, 3.8) is 0 Å². The molecule has 0 aromatic heterocycles. The minimum atomic E-state index is -1.39. The lowest BCUT2D eigenvalue weighted by Crippen LogP contribution is -2.21. The van der Waals surface area contributed by atoms with Crippen molar-refractivity contribution in [3.8, 4) is 0 Å². The van der Waals surface area contributed by atoms with Gasteiger partial charge in [0.2, 0.25) is 0 Å². The van der Waals surface area contributed by atoms with Crippen LogP contribution in [0.15, 0.2) is 59.5 Å². The molecule has 92 valence electrons. The molecule has 0 aliphatic rings. The lowest BCUT2D eigenvalue weighted by atomic mass is 10.2. The maximum atomic E-state index is 12.4. The van der Waals surface area contributed by atoms with Crippen LogP contribution >= 0.6 is 0 Å². The summed E-state index contributed by atoms with van der Waals surface area (Å²) in [6.07, 6.45) is 0.728. The highest BCUT2D eigenvalue weighted by atomic mass is 32.2. The second-order valence-corrected chi connectivity index (χ2v) is 5.22. The molecule has 0 aliphatic heterocycles. The zero-order chi connectivity index (χ0) is 13.0. The van der Waals surface area contributed by atoms with Gasteiger partial charge in [-0.1, -0.05) is 36.4 Å². The normalized spacial score (nSPS) is 11.8. The van der Waals surface area contributed by atoms with Crippen LogP contribution in [0.1, 0.15) is 10.4 Å². The summed E-state index contributed by atoms with van der Waals surface area (Å²) in [6, 6.07) is 16.3. The van der Waals surface area contributed by atoms with Gasteiger partial charge in [0.15, 0.2) is 17.3 Å². The number of para-hydroxylation sites is 1. The van der Waals surface area contributed by atoms with Gasteiger partial charge < -0.3 is 0 Å². The number of hydrogen-bond acceptors (Lipinski definition) is 2. The fourth-order valence-electron chi connectivity index (χ4n) is 1.62. The van der Waals surface area contributed by atoms with E-state index in [4.69, 9.17) is 0 Å². The summed E-state index contributed by atoms with van der Waals surface area (Å²) >= 11 is 0. The second kappa shape index (κ2) is 5.60. The van der Waals surface area contributed by atoms with E-state index in [2.05, 4.69) is 0 Å². The first kappa shape index (κ1) is 12.5. The number of anilines is 1. The molecular formula is C14H13NO2S. The predicted octanol–water partition coefficient (Wildman–Crippen LogP) is 2.66. The van der Waals surface area contributed by atoms with Crippen molar-refractivity contribution in [2.45, 2.75) is 4.90 Å². The molecule has 1 atom stereocenters. The van der Waals surface area contributed by atoms with Crippen LogP contribution in [0.3, 0.4) is 0 Å². The molecule has 0 saturated carbocycles. The van der Waals surface area contributed by atoms with E-state index in [0.717, 1.165) is 12.0 Å². The van der Waals surface area contributed by atoms with E-state index >= 15 is 0 Å².